The second-order valence-electron chi connectivity index (χ2n) is 4.42. The van der Waals surface area contributed by atoms with E-state index in [1.54, 1.807) is 0 Å². The lowest BCUT2D eigenvalue weighted by atomic mass is 9.99. The molecule has 0 aromatic heterocycles. The van der Waals surface area contributed by atoms with Crippen molar-refractivity contribution in [2.75, 3.05) is 0 Å². The van der Waals surface area contributed by atoms with Crippen LogP contribution in [0.5, 0.6) is 0 Å². The average molecular weight is 200 g/mol. The summed E-state index contributed by atoms with van der Waals surface area (Å²) in [6, 6.07) is 4.46. The molecule has 0 N–H and O–H groups in total. The first-order chi connectivity index (χ1) is 7.00. The third-order valence-corrected chi connectivity index (χ3v) is 2.43. The highest BCUT2D eigenvalue weighted by Gasteiger charge is 1.99. The Balaban J connectivity index is 3.05. The van der Waals surface area contributed by atoms with Crippen molar-refractivity contribution in [3.63, 3.8) is 0 Å². The number of rotatable bonds is 2. The van der Waals surface area contributed by atoms with Crippen LogP contribution >= 0.6 is 0 Å². The normalized spacial score (nSPS) is 10.7. The van der Waals surface area contributed by atoms with Crippen LogP contribution in [0.2, 0.25) is 0 Å². The molecule has 1 aromatic rings. The molecular weight excluding hydrogens is 180 g/mol. The number of aryl methyl sites for hydroxylation is 3. The maximum Gasteiger partial charge on any atom is -0.0198 e. The topological polar surface area (TPSA) is 0 Å². The first-order valence-corrected chi connectivity index (χ1v) is 5.40. The van der Waals surface area contributed by atoms with Gasteiger partial charge in [-0.05, 0) is 51.3 Å². The third kappa shape index (κ3) is 3.39. The summed E-state index contributed by atoms with van der Waals surface area (Å²) in [6.07, 6.45) is 6.45. The van der Waals surface area contributed by atoms with E-state index in [2.05, 4.69) is 65.0 Å². The van der Waals surface area contributed by atoms with Crippen LogP contribution in [0.15, 0.2) is 29.9 Å². The van der Waals surface area contributed by atoms with Crippen LogP contribution < -0.4 is 0 Å². The molecule has 0 atom stereocenters. The van der Waals surface area contributed by atoms with Crippen LogP contribution in [0.1, 0.15) is 36.1 Å². The van der Waals surface area contributed by atoms with E-state index in [-0.39, 0.29) is 0 Å². The van der Waals surface area contributed by atoms with Gasteiger partial charge in [-0.2, -0.15) is 0 Å². The smallest absolute Gasteiger partial charge is 0.0198 e. The van der Waals surface area contributed by atoms with Gasteiger partial charge in [-0.25, -0.2) is 0 Å². The second kappa shape index (κ2) is 4.97. The zero-order chi connectivity index (χ0) is 11.4. The molecule has 15 heavy (non-hydrogen) atoms. The van der Waals surface area contributed by atoms with Crippen molar-refractivity contribution in [3.05, 3.63) is 52.1 Å². The molecule has 0 heterocycles. The molecule has 0 aliphatic rings. The summed E-state index contributed by atoms with van der Waals surface area (Å²) in [5.41, 5.74) is 6.72. The summed E-state index contributed by atoms with van der Waals surface area (Å²) in [5, 5.41) is 0. The van der Waals surface area contributed by atoms with Gasteiger partial charge in [0.15, 0.2) is 0 Å². The lowest BCUT2D eigenvalue weighted by Crippen LogP contribution is -1.87. The molecule has 0 fully saturated rings. The van der Waals surface area contributed by atoms with E-state index in [1.165, 1.54) is 27.8 Å². The maximum absolute atomic E-state index is 2.23. The molecule has 1 rings (SSSR count). The standard InChI is InChI=1S/C15H20/c1-11(2)7-6-8-15-13(4)9-12(3)10-14(15)5/h6-10H,1-5H3/b8-6-. The highest BCUT2D eigenvalue weighted by molar-refractivity contribution is 5.59. The van der Waals surface area contributed by atoms with Crippen molar-refractivity contribution in [2.45, 2.75) is 34.6 Å². The lowest BCUT2D eigenvalue weighted by Gasteiger charge is -2.06. The molecule has 0 spiro atoms. The van der Waals surface area contributed by atoms with Gasteiger partial charge in [-0.15, -0.1) is 0 Å². The third-order valence-electron chi connectivity index (χ3n) is 2.43. The van der Waals surface area contributed by atoms with Gasteiger partial charge in [0.2, 0.25) is 0 Å². The van der Waals surface area contributed by atoms with E-state index in [1.807, 2.05) is 0 Å². The van der Waals surface area contributed by atoms with Crippen LogP contribution in [-0.2, 0) is 0 Å². The van der Waals surface area contributed by atoms with Gasteiger partial charge in [0, 0.05) is 0 Å². The predicted octanol–water partition coefficient (Wildman–Crippen LogP) is 4.59. The van der Waals surface area contributed by atoms with E-state index >= 15 is 0 Å². The Morgan fingerprint density at radius 3 is 2.00 bits per heavy atom. The van der Waals surface area contributed by atoms with Crippen molar-refractivity contribution < 1.29 is 0 Å². The summed E-state index contributed by atoms with van der Waals surface area (Å²) in [5.74, 6) is 0. The summed E-state index contributed by atoms with van der Waals surface area (Å²) < 4.78 is 0. The summed E-state index contributed by atoms with van der Waals surface area (Å²) >= 11 is 0. The first-order valence-electron chi connectivity index (χ1n) is 5.40. The average Bonchev–Trinajstić information content (AvgIpc) is 2.08. The predicted molar refractivity (Wildman–Crippen MR) is 69.1 cm³/mol. The molecule has 80 valence electrons. The highest BCUT2D eigenvalue weighted by atomic mass is 14.0. The van der Waals surface area contributed by atoms with Gasteiger partial charge in [0.1, 0.15) is 0 Å². The van der Waals surface area contributed by atoms with Crippen molar-refractivity contribution in [2.24, 2.45) is 0 Å². The van der Waals surface area contributed by atoms with Crippen LogP contribution in [0.25, 0.3) is 6.08 Å². The van der Waals surface area contributed by atoms with Crippen molar-refractivity contribution in [1.82, 2.24) is 0 Å². The Morgan fingerprint density at radius 1 is 1.00 bits per heavy atom. The van der Waals surface area contributed by atoms with E-state index in [4.69, 9.17) is 0 Å². The van der Waals surface area contributed by atoms with Gasteiger partial charge in [-0.1, -0.05) is 41.5 Å². The second-order valence-corrected chi connectivity index (χ2v) is 4.42. The molecular formula is C15H20. The monoisotopic (exact) mass is 200 g/mol. The Labute approximate surface area is 93.3 Å². The first kappa shape index (κ1) is 11.8. The molecule has 1 aromatic carbocycles. The SMILES string of the molecule is CC(C)=C/C=C\c1c(C)cc(C)cc1C. The number of hydrogen-bond donors (Lipinski definition) is 0. The lowest BCUT2D eigenvalue weighted by molar-refractivity contribution is 1.30. The molecule has 0 saturated carbocycles. The summed E-state index contributed by atoms with van der Waals surface area (Å²) in [6.45, 7) is 10.7. The largest absolute Gasteiger partial charge is 0.0764 e. The number of hydrogen-bond acceptors (Lipinski definition) is 0. The molecule has 0 radical (unpaired) electrons. The van der Waals surface area contributed by atoms with Crippen molar-refractivity contribution >= 4 is 6.08 Å². The minimum absolute atomic E-state index is 1.33. The van der Waals surface area contributed by atoms with Gasteiger partial charge >= 0.3 is 0 Å². The van der Waals surface area contributed by atoms with E-state index in [9.17, 15) is 0 Å². The quantitative estimate of drug-likeness (QED) is 0.612. The van der Waals surface area contributed by atoms with E-state index < -0.39 is 0 Å². The van der Waals surface area contributed by atoms with Crippen LogP contribution in [-0.4, -0.2) is 0 Å². The Hall–Kier alpha value is -1.30. The molecule has 0 aliphatic heterocycles. The van der Waals surface area contributed by atoms with Crippen molar-refractivity contribution in [1.29, 1.82) is 0 Å². The van der Waals surface area contributed by atoms with Crippen molar-refractivity contribution in [3.8, 4) is 0 Å². The fourth-order valence-corrected chi connectivity index (χ4v) is 1.79. The highest BCUT2D eigenvalue weighted by Crippen LogP contribution is 2.17. The molecule has 0 unspecified atom stereocenters. The maximum atomic E-state index is 2.23. The Kier molecular flexibility index (Phi) is 3.90. The Bertz CT molecular complexity index is 379. The molecule has 0 saturated heterocycles. The summed E-state index contributed by atoms with van der Waals surface area (Å²) in [4.78, 5) is 0. The number of allylic oxidation sites excluding steroid dienone is 3. The number of benzene rings is 1. The molecule has 0 aliphatic carbocycles. The van der Waals surface area contributed by atoms with Crippen LogP contribution in [0.4, 0.5) is 0 Å². The zero-order valence-electron chi connectivity index (χ0n) is 10.4. The molecule has 0 nitrogen and oxygen atoms in total. The zero-order valence-corrected chi connectivity index (χ0v) is 10.4. The van der Waals surface area contributed by atoms with Gasteiger partial charge in [0.25, 0.3) is 0 Å². The fourth-order valence-electron chi connectivity index (χ4n) is 1.79. The minimum atomic E-state index is 1.33. The van der Waals surface area contributed by atoms with Gasteiger partial charge < -0.3 is 0 Å². The minimum Gasteiger partial charge on any atom is -0.0764 e. The molecule has 0 bridgehead atoms. The van der Waals surface area contributed by atoms with Crippen LogP contribution in [0, 0.1) is 20.8 Å². The van der Waals surface area contributed by atoms with E-state index in [0.29, 0.717) is 0 Å². The molecule has 0 heteroatoms. The van der Waals surface area contributed by atoms with Crippen LogP contribution in [0.3, 0.4) is 0 Å². The van der Waals surface area contributed by atoms with E-state index in [0.717, 1.165) is 0 Å². The van der Waals surface area contributed by atoms with Gasteiger partial charge in [0.05, 0.1) is 0 Å². The van der Waals surface area contributed by atoms with Gasteiger partial charge in [-0.3, -0.25) is 0 Å². The summed E-state index contributed by atoms with van der Waals surface area (Å²) in [7, 11) is 0. The Morgan fingerprint density at radius 2 is 1.53 bits per heavy atom. The molecule has 0 amide bonds. The fraction of sp³-hybridized carbons (Fsp3) is 0.333.